The lowest BCUT2D eigenvalue weighted by molar-refractivity contribution is 0.0946. The van der Waals surface area contributed by atoms with E-state index in [0.29, 0.717) is 24.2 Å². The van der Waals surface area contributed by atoms with Crippen LogP contribution >= 0.6 is 0 Å². The standard InChI is InChI=1S/C14H23N3O2/c1-10(6-7-18)9-16-14(19)12-8-11(15)4-5-13(12)17(2)3/h4-5,8,10,18H,6-7,9,15H2,1-3H3,(H,16,19). The van der Waals surface area contributed by atoms with Gasteiger partial charge >= 0.3 is 0 Å². The molecular weight excluding hydrogens is 242 g/mol. The fourth-order valence-corrected chi connectivity index (χ4v) is 1.81. The summed E-state index contributed by atoms with van der Waals surface area (Å²) in [6, 6.07) is 5.29. The van der Waals surface area contributed by atoms with Crippen molar-refractivity contribution >= 4 is 17.3 Å². The number of anilines is 2. The third kappa shape index (κ3) is 4.44. The first kappa shape index (κ1) is 15.3. The molecule has 0 aliphatic carbocycles. The van der Waals surface area contributed by atoms with Gasteiger partial charge in [0.15, 0.2) is 0 Å². The molecule has 1 amide bonds. The molecule has 106 valence electrons. The molecule has 1 aromatic rings. The first-order valence-electron chi connectivity index (χ1n) is 6.41. The van der Waals surface area contributed by atoms with Gasteiger partial charge in [0.1, 0.15) is 0 Å². The summed E-state index contributed by atoms with van der Waals surface area (Å²) in [6.07, 6.45) is 0.678. The molecule has 19 heavy (non-hydrogen) atoms. The number of carbonyl (C=O) groups is 1. The zero-order chi connectivity index (χ0) is 14.4. The van der Waals surface area contributed by atoms with Crippen LogP contribution in [0.5, 0.6) is 0 Å². The second-order valence-corrected chi connectivity index (χ2v) is 5.00. The topological polar surface area (TPSA) is 78.6 Å². The number of aliphatic hydroxyl groups is 1. The minimum atomic E-state index is -0.138. The average Bonchev–Trinajstić information content (AvgIpc) is 2.35. The number of hydrogen-bond acceptors (Lipinski definition) is 4. The van der Waals surface area contributed by atoms with E-state index in [-0.39, 0.29) is 18.4 Å². The molecule has 0 radical (unpaired) electrons. The lowest BCUT2D eigenvalue weighted by atomic mass is 10.1. The van der Waals surface area contributed by atoms with Gasteiger partial charge in [-0.05, 0) is 30.5 Å². The van der Waals surface area contributed by atoms with Crippen molar-refractivity contribution in [2.75, 3.05) is 37.9 Å². The van der Waals surface area contributed by atoms with E-state index in [1.54, 1.807) is 12.1 Å². The number of amides is 1. The number of aliphatic hydroxyl groups excluding tert-OH is 1. The summed E-state index contributed by atoms with van der Waals surface area (Å²) < 4.78 is 0. The maximum absolute atomic E-state index is 12.2. The van der Waals surface area contributed by atoms with Crippen LogP contribution in [0.3, 0.4) is 0 Å². The Morgan fingerprint density at radius 3 is 2.74 bits per heavy atom. The summed E-state index contributed by atoms with van der Waals surface area (Å²) in [7, 11) is 3.77. The second kappa shape index (κ2) is 6.99. The molecule has 0 bridgehead atoms. The summed E-state index contributed by atoms with van der Waals surface area (Å²) in [5.74, 6) is 0.110. The highest BCUT2D eigenvalue weighted by molar-refractivity contribution is 6.00. The molecule has 0 aliphatic rings. The summed E-state index contributed by atoms with van der Waals surface area (Å²) in [5.41, 5.74) is 7.71. The van der Waals surface area contributed by atoms with Gasteiger partial charge in [0, 0.05) is 38.6 Å². The number of nitrogens with two attached hydrogens (primary N) is 1. The minimum absolute atomic E-state index is 0.137. The van der Waals surface area contributed by atoms with E-state index in [0.717, 1.165) is 5.69 Å². The number of rotatable bonds is 6. The summed E-state index contributed by atoms with van der Waals surface area (Å²) in [6.45, 7) is 2.67. The molecule has 5 nitrogen and oxygen atoms in total. The molecule has 1 atom stereocenters. The maximum Gasteiger partial charge on any atom is 0.253 e. The van der Waals surface area contributed by atoms with Crippen LogP contribution in [-0.4, -0.2) is 38.3 Å². The lowest BCUT2D eigenvalue weighted by Crippen LogP contribution is -2.30. The average molecular weight is 265 g/mol. The minimum Gasteiger partial charge on any atom is -0.399 e. The van der Waals surface area contributed by atoms with E-state index in [9.17, 15) is 4.79 Å². The molecule has 0 saturated carbocycles. The molecule has 0 saturated heterocycles. The smallest absolute Gasteiger partial charge is 0.253 e. The Hall–Kier alpha value is -1.75. The van der Waals surface area contributed by atoms with E-state index in [1.807, 2.05) is 32.0 Å². The van der Waals surface area contributed by atoms with E-state index in [2.05, 4.69) is 5.32 Å². The fourth-order valence-electron chi connectivity index (χ4n) is 1.81. The molecule has 1 aromatic carbocycles. The molecule has 0 fully saturated rings. The highest BCUT2D eigenvalue weighted by Crippen LogP contribution is 2.21. The van der Waals surface area contributed by atoms with Gasteiger partial charge in [-0.1, -0.05) is 6.92 Å². The number of nitrogens with zero attached hydrogens (tertiary/aromatic N) is 1. The van der Waals surface area contributed by atoms with E-state index >= 15 is 0 Å². The van der Waals surface area contributed by atoms with Crippen LogP contribution in [-0.2, 0) is 0 Å². The van der Waals surface area contributed by atoms with Gasteiger partial charge < -0.3 is 21.1 Å². The van der Waals surface area contributed by atoms with Crippen molar-refractivity contribution in [1.82, 2.24) is 5.32 Å². The van der Waals surface area contributed by atoms with Crippen molar-refractivity contribution in [2.24, 2.45) is 5.92 Å². The molecule has 1 rings (SSSR count). The highest BCUT2D eigenvalue weighted by Gasteiger charge is 2.14. The number of benzene rings is 1. The number of carbonyl (C=O) groups excluding carboxylic acids is 1. The molecular formula is C14H23N3O2. The predicted octanol–water partition coefficient (Wildman–Crippen LogP) is 1.08. The number of nitrogen functional groups attached to an aromatic ring is 1. The van der Waals surface area contributed by atoms with Crippen LogP contribution in [0.15, 0.2) is 18.2 Å². The zero-order valence-electron chi connectivity index (χ0n) is 11.8. The van der Waals surface area contributed by atoms with Crippen LogP contribution < -0.4 is 16.0 Å². The Labute approximate surface area is 114 Å². The number of nitrogens with one attached hydrogen (secondary N) is 1. The first-order chi connectivity index (χ1) is 8.95. The van der Waals surface area contributed by atoms with Crippen LogP contribution in [0.1, 0.15) is 23.7 Å². The van der Waals surface area contributed by atoms with Crippen molar-refractivity contribution < 1.29 is 9.90 Å². The summed E-state index contributed by atoms with van der Waals surface area (Å²) in [4.78, 5) is 14.1. The van der Waals surface area contributed by atoms with Gasteiger partial charge in [0.05, 0.1) is 5.56 Å². The molecule has 0 spiro atoms. The van der Waals surface area contributed by atoms with Gasteiger partial charge in [0.2, 0.25) is 0 Å². The summed E-state index contributed by atoms with van der Waals surface area (Å²) >= 11 is 0. The van der Waals surface area contributed by atoms with Gasteiger partial charge in [-0.2, -0.15) is 0 Å². The highest BCUT2D eigenvalue weighted by atomic mass is 16.3. The Morgan fingerprint density at radius 1 is 1.47 bits per heavy atom. The van der Waals surface area contributed by atoms with Crippen molar-refractivity contribution in [2.45, 2.75) is 13.3 Å². The quantitative estimate of drug-likeness (QED) is 0.673. The van der Waals surface area contributed by atoms with E-state index in [4.69, 9.17) is 10.8 Å². The third-order valence-electron chi connectivity index (χ3n) is 2.98. The SMILES string of the molecule is CC(CCO)CNC(=O)c1cc(N)ccc1N(C)C. The molecule has 4 N–H and O–H groups in total. The van der Waals surface area contributed by atoms with Crippen LogP contribution in [0.25, 0.3) is 0 Å². The lowest BCUT2D eigenvalue weighted by Gasteiger charge is -2.18. The van der Waals surface area contributed by atoms with Gasteiger partial charge in [-0.25, -0.2) is 0 Å². The van der Waals surface area contributed by atoms with Gasteiger partial charge in [0.25, 0.3) is 5.91 Å². The molecule has 0 aromatic heterocycles. The fraction of sp³-hybridized carbons (Fsp3) is 0.500. The molecule has 1 unspecified atom stereocenters. The van der Waals surface area contributed by atoms with Crippen LogP contribution in [0.4, 0.5) is 11.4 Å². The molecule has 0 aliphatic heterocycles. The van der Waals surface area contributed by atoms with Crippen LogP contribution in [0.2, 0.25) is 0 Å². The number of hydrogen-bond donors (Lipinski definition) is 3. The zero-order valence-corrected chi connectivity index (χ0v) is 11.8. The Morgan fingerprint density at radius 2 is 2.16 bits per heavy atom. The predicted molar refractivity (Wildman–Crippen MR) is 78.4 cm³/mol. The van der Waals surface area contributed by atoms with Crippen molar-refractivity contribution in [1.29, 1.82) is 0 Å². The monoisotopic (exact) mass is 265 g/mol. The van der Waals surface area contributed by atoms with Crippen molar-refractivity contribution in [3.63, 3.8) is 0 Å². The molecule has 0 heterocycles. The third-order valence-corrected chi connectivity index (χ3v) is 2.98. The van der Waals surface area contributed by atoms with Crippen molar-refractivity contribution in [3.05, 3.63) is 23.8 Å². The molecule has 5 heteroatoms. The first-order valence-corrected chi connectivity index (χ1v) is 6.41. The Balaban J connectivity index is 2.78. The second-order valence-electron chi connectivity index (χ2n) is 5.00. The largest absolute Gasteiger partial charge is 0.399 e. The summed E-state index contributed by atoms with van der Waals surface area (Å²) in [5, 5.41) is 11.7. The van der Waals surface area contributed by atoms with Crippen LogP contribution in [0, 0.1) is 5.92 Å². The Kier molecular flexibility index (Phi) is 5.63. The van der Waals surface area contributed by atoms with E-state index in [1.165, 1.54) is 0 Å². The van der Waals surface area contributed by atoms with Gasteiger partial charge in [-0.3, -0.25) is 4.79 Å². The normalized spacial score (nSPS) is 12.0. The van der Waals surface area contributed by atoms with Crippen molar-refractivity contribution in [3.8, 4) is 0 Å². The Bertz CT molecular complexity index is 433. The maximum atomic E-state index is 12.2. The van der Waals surface area contributed by atoms with E-state index < -0.39 is 0 Å². The van der Waals surface area contributed by atoms with Gasteiger partial charge in [-0.15, -0.1) is 0 Å².